The number of non-ortho nitro benzene ring substituents is 1. The van der Waals surface area contributed by atoms with E-state index in [9.17, 15) is 10.1 Å². The lowest BCUT2D eigenvalue weighted by Crippen LogP contribution is -1.90. The van der Waals surface area contributed by atoms with Gasteiger partial charge in [0.2, 0.25) is 15.8 Å². The molecule has 0 aliphatic rings. The molecule has 19 heavy (non-hydrogen) atoms. The Labute approximate surface area is 115 Å². The second-order valence-electron chi connectivity index (χ2n) is 3.08. The Morgan fingerprint density at radius 2 is 1.74 bits per heavy atom. The van der Waals surface area contributed by atoms with E-state index in [1.807, 2.05) is 11.4 Å². The highest BCUT2D eigenvalue weighted by molar-refractivity contribution is 7.79. The maximum absolute atomic E-state index is 10.4. The van der Waals surface area contributed by atoms with Crippen molar-refractivity contribution >= 4 is 36.8 Å². The lowest BCUT2D eigenvalue weighted by molar-refractivity contribution is -0.384. The first-order chi connectivity index (χ1) is 8.77. The fraction of sp³-hybridized carbons (Fsp3) is 0. The van der Waals surface area contributed by atoms with E-state index in [1.54, 1.807) is 32.8 Å². The van der Waals surface area contributed by atoms with Gasteiger partial charge in [0.25, 0.3) is 16.0 Å². The summed E-state index contributed by atoms with van der Waals surface area (Å²) in [7, 11) is -1.60. The summed E-state index contributed by atoms with van der Waals surface area (Å²) in [5.74, 6) is 0. The van der Waals surface area contributed by atoms with Gasteiger partial charge in [0, 0.05) is 18.2 Å². The summed E-state index contributed by atoms with van der Waals surface area (Å²) >= 11 is 0. The highest BCUT2D eigenvalue weighted by Crippen LogP contribution is 2.28. The van der Waals surface area contributed by atoms with Crippen molar-refractivity contribution in [3.05, 3.63) is 45.8 Å². The molecule has 1 heterocycles. The molecule has 1 aromatic carbocycles. The van der Waals surface area contributed by atoms with E-state index >= 15 is 0 Å². The van der Waals surface area contributed by atoms with Gasteiger partial charge >= 0.3 is 0 Å². The molecule has 7 nitrogen and oxygen atoms in total. The van der Waals surface area contributed by atoms with Crippen LogP contribution in [0, 0.1) is 10.1 Å². The number of rotatable bonds is 2. The molecule has 0 radical (unpaired) electrons. The fourth-order valence-corrected chi connectivity index (χ4v) is 2.98. The smallest absolute Gasteiger partial charge is 0.292 e. The van der Waals surface area contributed by atoms with Gasteiger partial charge < -0.3 is 4.55 Å². The Hall–Kier alpha value is -1.46. The van der Waals surface area contributed by atoms with Crippen LogP contribution in [-0.2, 0) is 10.4 Å². The zero-order valence-corrected chi connectivity index (χ0v) is 11.6. The predicted molar refractivity (Wildman–Crippen MR) is 71.0 cm³/mol. The normalized spacial score (nSPS) is 10.4. The summed E-state index contributed by atoms with van der Waals surface area (Å²) in [6.07, 6.45) is 0. The number of hydrogen-bond donors (Lipinski definition) is 1. The van der Waals surface area contributed by atoms with Gasteiger partial charge in [0.15, 0.2) is 10.3 Å². The van der Waals surface area contributed by atoms with Crippen LogP contribution in [0.15, 0.2) is 35.7 Å². The van der Waals surface area contributed by atoms with Gasteiger partial charge in [0.05, 0.1) is 9.80 Å². The molecule has 102 valence electrons. The molecule has 0 spiro atoms. The first-order valence-electron chi connectivity index (χ1n) is 4.57. The van der Waals surface area contributed by atoms with Crippen LogP contribution in [0.2, 0.25) is 0 Å². The zero-order valence-electron chi connectivity index (χ0n) is 9.12. The summed E-state index contributed by atoms with van der Waals surface area (Å²) < 4.78 is 32.8. The largest absolute Gasteiger partial charge is 0.726 e. The fourth-order valence-electron chi connectivity index (χ4n) is 1.09. The molecule has 0 unspecified atom stereocenters. The van der Waals surface area contributed by atoms with E-state index in [4.69, 9.17) is 17.5 Å². The van der Waals surface area contributed by atoms with Crippen LogP contribution in [0.4, 0.5) is 5.69 Å². The van der Waals surface area contributed by atoms with Crippen LogP contribution in [0.3, 0.4) is 0 Å². The summed E-state index contributed by atoms with van der Waals surface area (Å²) in [5.41, 5.74) is 1.16. The van der Waals surface area contributed by atoms with Crippen molar-refractivity contribution in [3.8, 4) is 10.4 Å². The van der Waals surface area contributed by atoms with Crippen LogP contribution < -0.4 is 0 Å². The van der Waals surface area contributed by atoms with E-state index in [-0.39, 0.29) is 10.6 Å². The van der Waals surface area contributed by atoms with Crippen molar-refractivity contribution < 1.29 is 22.4 Å². The Morgan fingerprint density at radius 1 is 1.21 bits per heavy atom. The molecule has 1 aromatic heterocycles. The van der Waals surface area contributed by atoms with Crippen LogP contribution in [0.25, 0.3) is 10.4 Å². The van der Waals surface area contributed by atoms with E-state index in [2.05, 4.69) is 0 Å². The molecule has 0 amide bonds. The summed E-state index contributed by atoms with van der Waals surface area (Å²) in [5, 5.41) is 12.4. The molecule has 10 heteroatoms. The first-order valence-corrected chi connectivity index (χ1v) is 8.15. The third-order valence-corrected chi connectivity index (χ3v) is 3.83. The van der Waals surface area contributed by atoms with E-state index in [0.29, 0.717) is 0 Å². The van der Waals surface area contributed by atoms with Crippen molar-refractivity contribution in [1.29, 1.82) is 0 Å². The van der Waals surface area contributed by atoms with Crippen LogP contribution in [-0.4, -0.2) is 22.4 Å². The topological polar surface area (TPSA) is 121 Å². The molecule has 0 saturated heterocycles. The molecule has 1 N–H and O–H groups in total. The number of hydrogen-bond acceptors (Lipinski definition) is 6. The minimum atomic E-state index is -4.92. The third kappa shape index (κ3) is 6.31. The summed E-state index contributed by atoms with van der Waals surface area (Å²) in [4.78, 5) is 11.2. The highest BCUT2D eigenvalue weighted by Gasteiger charge is 2.08. The molecule has 0 aliphatic heterocycles. The average molecular weight is 321 g/mol. The van der Waals surface area contributed by atoms with Gasteiger partial charge in [0.1, 0.15) is 0 Å². The molecule has 0 fully saturated rings. The molecular formula is C9H7NO6S3. The second-order valence-corrected chi connectivity index (χ2v) is 6.08. The van der Waals surface area contributed by atoms with Crippen molar-refractivity contribution in [2.75, 3.05) is 0 Å². The summed E-state index contributed by atoms with van der Waals surface area (Å²) in [6, 6.07) is 8.61. The molecule has 2 aromatic rings. The molecule has 0 saturated carbocycles. The van der Waals surface area contributed by atoms with Crippen molar-refractivity contribution in [2.45, 2.75) is 0 Å². The monoisotopic (exact) mass is 321 g/mol. The third-order valence-electron chi connectivity index (χ3n) is 1.78. The highest BCUT2D eigenvalue weighted by atomic mass is 32.9. The zero-order chi connectivity index (χ0) is 14.5. The van der Waals surface area contributed by atoms with Gasteiger partial charge in [-0.15, -0.1) is 0 Å². The number of nitrogens with zero attached hydrogens (tertiary/aromatic N) is 1. The maximum atomic E-state index is 10.4. The number of nitro groups is 1. The minimum absolute atomic E-state index is 0.133. The Balaban J connectivity index is 0.000000312. The lowest BCUT2D eigenvalue weighted by Gasteiger charge is -1.93. The standard InChI is InChI=1S/C9H6NO2S2.H2O4S/c11-10(12)8-3-1-7(2-4-8)9-5-6-13-14-9;1-5(2,3)4/h1-6H;(H2,1,2,3,4)/q+1;/p-1. The summed E-state index contributed by atoms with van der Waals surface area (Å²) in [6.45, 7) is 0. The minimum Gasteiger partial charge on any atom is -0.726 e. The van der Waals surface area contributed by atoms with Gasteiger partial charge in [-0.3, -0.25) is 14.7 Å². The first kappa shape index (κ1) is 15.6. The van der Waals surface area contributed by atoms with Gasteiger partial charge in [-0.2, -0.15) is 0 Å². The molecule has 0 aliphatic carbocycles. The predicted octanol–water partition coefficient (Wildman–Crippen LogP) is 2.67. The number of benzene rings is 1. The van der Waals surface area contributed by atoms with Crippen molar-refractivity contribution in [2.24, 2.45) is 0 Å². The van der Waals surface area contributed by atoms with Crippen LogP contribution in [0.5, 0.6) is 0 Å². The van der Waals surface area contributed by atoms with Gasteiger partial charge in [-0.05, 0) is 17.7 Å². The van der Waals surface area contributed by atoms with Crippen LogP contribution >= 0.6 is 20.7 Å². The van der Waals surface area contributed by atoms with Crippen molar-refractivity contribution in [3.63, 3.8) is 0 Å². The Kier molecular flexibility index (Phi) is 5.44. The number of nitro benzene ring substituents is 1. The van der Waals surface area contributed by atoms with E-state index < -0.39 is 10.4 Å². The Morgan fingerprint density at radius 3 is 2.11 bits per heavy atom. The van der Waals surface area contributed by atoms with Crippen molar-refractivity contribution in [1.82, 2.24) is 0 Å². The molecule has 0 bridgehead atoms. The Bertz CT molecular complexity index is 627. The van der Waals surface area contributed by atoms with E-state index in [1.165, 1.54) is 12.1 Å². The van der Waals surface area contributed by atoms with Crippen LogP contribution in [0.1, 0.15) is 0 Å². The molecule has 0 atom stereocenters. The quantitative estimate of drug-likeness (QED) is 0.227. The molecule has 2 rings (SSSR count). The lowest BCUT2D eigenvalue weighted by atomic mass is 10.2. The SMILES string of the molecule is O=S(=O)([O-])O.O=[N+]([O-])c1ccc(-c2cc[s+]s2)cc1. The van der Waals surface area contributed by atoms with Gasteiger partial charge in [-0.1, -0.05) is 0 Å². The molecular weight excluding hydrogens is 314 g/mol. The maximum Gasteiger partial charge on any atom is 0.292 e. The van der Waals surface area contributed by atoms with E-state index in [0.717, 1.165) is 10.4 Å². The van der Waals surface area contributed by atoms with Gasteiger partial charge in [-0.25, -0.2) is 8.42 Å². The second kappa shape index (κ2) is 6.63. The average Bonchev–Trinajstić information content (AvgIpc) is 2.80.